The number of likely N-dealkylation sites (tertiary alicyclic amines) is 1. The molecule has 4 N–H and O–H groups in total. The van der Waals surface area contributed by atoms with E-state index in [1.807, 2.05) is 12.1 Å². The van der Waals surface area contributed by atoms with E-state index in [1.54, 1.807) is 18.2 Å². The van der Waals surface area contributed by atoms with Gasteiger partial charge in [0, 0.05) is 37.8 Å². The normalized spacial score (nSPS) is 15.0. The highest BCUT2D eigenvalue weighted by Crippen LogP contribution is 2.11. The summed E-state index contributed by atoms with van der Waals surface area (Å²) in [7, 11) is 0. The third-order valence-corrected chi connectivity index (χ3v) is 5.39. The number of benzene rings is 2. The summed E-state index contributed by atoms with van der Waals surface area (Å²) in [5.74, 6) is -0.437. The standard InChI is InChI=1S/C23H30N4O2/c24-22(28)20-8-4-7-19(17-20)9-13-25-23(29)26-21-11-15-27(16-12-21)14-10-18-5-2-1-3-6-18/h1-8,17,21H,9-16H2,(H2,24,28)(H2,25,26,29). The lowest BCUT2D eigenvalue weighted by Gasteiger charge is -2.32. The predicted octanol–water partition coefficient (Wildman–Crippen LogP) is 2.33. The van der Waals surface area contributed by atoms with Gasteiger partial charge < -0.3 is 21.3 Å². The summed E-state index contributed by atoms with van der Waals surface area (Å²) in [6.07, 6.45) is 3.68. The van der Waals surface area contributed by atoms with Crippen LogP contribution in [0.1, 0.15) is 34.3 Å². The molecule has 0 saturated carbocycles. The molecule has 29 heavy (non-hydrogen) atoms. The lowest BCUT2D eigenvalue weighted by Crippen LogP contribution is -2.48. The molecule has 3 amide bonds. The average Bonchev–Trinajstić information content (AvgIpc) is 2.74. The topological polar surface area (TPSA) is 87.5 Å². The summed E-state index contributed by atoms with van der Waals surface area (Å²) in [6, 6.07) is 17.8. The van der Waals surface area contributed by atoms with Crippen LogP contribution in [0.2, 0.25) is 0 Å². The number of carbonyl (C=O) groups is 2. The molecule has 6 heteroatoms. The number of nitrogens with one attached hydrogen (secondary N) is 2. The Morgan fingerprint density at radius 2 is 1.69 bits per heavy atom. The third kappa shape index (κ3) is 6.91. The zero-order chi connectivity index (χ0) is 20.5. The predicted molar refractivity (Wildman–Crippen MR) is 115 cm³/mol. The monoisotopic (exact) mass is 394 g/mol. The first-order valence-electron chi connectivity index (χ1n) is 10.3. The van der Waals surface area contributed by atoms with Crippen molar-refractivity contribution in [2.75, 3.05) is 26.2 Å². The molecule has 3 rings (SSSR count). The Hall–Kier alpha value is -2.86. The molecule has 6 nitrogen and oxygen atoms in total. The lowest BCUT2D eigenvalue weighted by atomic mass is 10.0. The molecule has 0 radical (unpaired) electrons. The van der Waals surface area contributed by atoms with E-state index in [-0.39, 0.29) is 12.1 Å². The average molecular weight is 395 g/mol. The molecule has 1 aliphatic rings. The van der Waals surface area contributed by atoms with Gasteiger partial charge in [-0.25, -0.2) is 4.79 Å². The molecule has 0 spiro atoms. The minimum absolute atomic E-state index is 0.126. The zero-order valence-corrected chi connectivity index (χ0v) is 16.8. The van der Waals surface area contributed by atoms with E-state index < -0.39 is 5.91 Å². The Morgan fingerprint density at radius 1 is 0.966 bits per heavy atom. The quantitative estimate of drug-likeness (QED) is 0.642. The van der Waals surface area contributed by atoms with Crippen LogP contribution in [0.3, 0.4) is 0 Å². The van der Waals surface area contributed by atoms with Crippen LogP contribution >= 0.6 is 0 Å². The summed E-state index contributed by atoms with van der Waals surface area (Å²) in [6.45, 7) is 3.60. The van der Waals surface area contributed by atoms with Crippen molar-refractivity contribution in [1.29, 1.82) is 0 Å². The highest BCUT2D eigenvalue weighted by molar-refractivity contribution is 5.92. The fourth-order valence-corrected chi connectivity index (χ4v) is 3.67. The summed E-state index contributed by atoms with van der Waals surface area (Å²) in [4.78, 5) is 25.9. The SMILES string of the molecule is NC(=O)c1cccc(CCNC(=O)NC2CCN(CCc3ccccc3)CC2)c1. The van der Waals surface area contributed by atoms with Gasteiger partial charge in [-0.15, -0.1) is 0 Å². The fraction of sp³-hybridized carbons (Fsp3) is 0.391. The van der Waals surface area contributed by atoms with Gasteiger partial charge in [-0.2, -0.15) is 0 Å². The van der Waals surface area contributed by atoms with E-state index in [1.165, 1.54) is 5.56 Å². The van der Waals surface area contributed by atoms with Crippen LogP contribution in [-0.4, -0.2) is 49.1 Å². The summed E-state index contributed by atoms with van der Waals surface area (Å²) < 4.78 is 0. The molecule has 0 aliphatic carbocycles. The number of piperidine rings is 1. The molecule has 2 aromatic rings. The lowest BCUT2D eigenvalue weighted by molar-refractivity contribution is 0.1000. The Bertz CT molecular complexity index is 802. The van der Waals surface area contributed by atoms with Crippen molar-refractivity contribution < 1.29 is 9.59 Å². The maximum absolute atomic E-state index is 12.2. The molecule has 0 aromatic heterocycles. The van der Waals surface area contributed by atoms with E-state index in [0.717, 1.165) is 44.5 Å². The first-order valence-corrected chi connectivity index (χ1v) is 10.3. The highest BCUT2D eigenvalue weighted by Gasteiger charge is 2.20. The van der Waals surface area contributed by atoms with Gasteiger partial charge in [0.1, 0.15) is 0 Å². The van der Waals surface area contributed by atoms with Crippen molar-refractivity contribution >= 4 is 11.9 Å². The first-order chi connectivity index (χ1) is 14.1. The van der Waals surface area contributed by atoms with Gasteiger partial charge in [0.05, 0.1) is 0 Å². The molecule has 1 fully saturated rings. The molecule has 1 aliphatic heterocycles. The van der Waals surface area contributed by atoms with Gasteiger partial charge in [-0.05, 0) is 48.9 Å². The van der Waals surface area contributed by atoms with Crippen LogP contribution in [0.4, 0.5) is 4.79 Å². The summed E-state index contributed by atoms with van der Waals surface area (Å²) >= 11 is 0. The Kier molecular flexibility index (Phi) is 7.64. The van der Waals surface area contributed by atoms with Gasteiger partial charge in [-0.1, -0.05) is 42.5 Å². The molecule has 154 valence electrons. The largest absolute Gasteiger partial charge is 0.366 e. The van der Waals surface area contributed by atoms with Crippen molar-refractivity contribution in [3.05, 3.63) is 71.3 Å². The van der Waals surface area contributed by atoms with Crippen LogP contribution in [0.25, 0.3) is 0 Å². The molecular formula is C23H30N4O2. The van der Waals surface area contributed by atoms with Crippen molar-refractivity contribution in [2.24, 2.45) is 5.73 Å². The van der Waals surface area contributed by atoms with Crippen LogP contribution in [0.15, 0.2) is 54.6 Å². The number of primary amides is 1. The Balaban J connectivity index is 1.31. The van der Waals surface area contributed by atoms with Crippen LogP contribution < -0.4 is 16.4 Å². The van der Waals surface area contributed by atoms with Gasteiger partial charge in [0.25, 0.3) is 0 Å². The van der Waals surface area contributed by atoms with Crippen molar-refractivity contribution in [3.8, 4) is 0 Å². The second kappa shape index (κ2) is 10.6. The minimum atomic E-state index is -0.437. The number of hydrogen-bond acceptors (Lipinski definition) is 3. The number of nitrogens with zero attached hydrogens (tertiary/aromatic N) is 1. The highest BCUT2D eigenvalue weighted by atomic mass is 16.2. The molecule has 1 heterocycles. The summed E-state index contributed by atoms with van der Waals surface area (Å²) in [5.41, 5.74) is 8.14. The molecule has 0 unspecified atom stereocenters. The minimum Gasteiger partial charge on any atom is -0.366 e. The second-order valence-corrected chi connectivity index (χ2v) is 7.57. The maximum Gasteiger partial charge on any atom is 0.315 e. The van der Waals surface area contributed by atoms with E-state index in [9.17, 15) is 9.59 Å². The first kappa shape index (κ1) is 20.9. The van der Waals surface area contributed by atoms with Crippen molar-refractivity contribution in [3.63, 3.8) is 0 Å². The van der Waals surface area contributed by atoms with E-state index in [2.05, 4.69) is 39.8 Å². The maximum atomic E-state index is 12.2. The third-order valence-electron chi connectivity index (χ3n) is 5.39. The molecule has 0 bridgehead atoms. The van der Waals surface area contributed by atoms with Crippen LogP contribution in [0.5, 0.6) is 0 Å². The zero-order valence-electron chi connectivity index (χ0n) is 16.8. The molecule has 0 atom stereocenters. The number of amides is 3. The van der Waals surface area contributed by atoms with E-state index in [4.69, 9.17) is 5.73 Å². The molecule has 1 saturated heterocycles. The number of rotatable bonds is 8. The summed E-state index contributed by atoms with van der Waals surface area (Å²) in [5, 5.41) is 5.98. The Labute approximate surface area is 172 Å². The number of hydrogen-bond donors (Lipinski definition) is 3. The molecule has 2 aromatic carbocycles. The van der Waals surface area contributed by atoms with Gasteiger partial charge in [0.2, 0.25) is 5.91 Å². The van der Waals surface area contributed by atoms with E-state index in [0.29, 0.717) is 18.5 Å². The Morgan fingerprint density at radius 3 is 2.41 bits per heavy atom. The van der Waals surface area contributed by atoms with Crippen molar-refractivity contribution in [2.45, 2.75) is 31.7 Å². The van der Waals surface area contributed by atoms with Gasteiger partial charge >= 0.3 is 6.03 Å². The number of carbonyl (C=O) groups excluding carboxylic acids is 2. The van der Waals surface area contributed by atoms with Gasteiger partial charge in [-0.3, -0.25) is 4.79 Å². The number of nitrogens with two attached hydrogens (primary N) is 1. The number of urea groups is 1. The fourth-order valence-electron chi connectivity index (χ4n) is 3.67. The second-order valence-electron chi connectivity index (χ2n) is 7.57. The van der Waals surface area contributed by atoms with Crippen molar-refractivity contribution in [1.82, 2.24) is 15.5 Å². The van der Waals surface area contributed by atoms with Crippen LogP contribution in [0, 0.1) is 0 Å². The smallest absolute Gasteiger partial charge is 0.315 e. The van der Waals surface area contributed by atoms with Crippen LogP contribution in [-0.2, 0) is 12.8 Å². The molecular weight excluding hydrogens is 364 g/mol. The van der Waals surface area contributed by atoms with E-state index >= 15 is 0 Å². The van der Waals surface area contributed by atoms with Gasteiger partial charge in [0.15, 0.2) is 0 Å².